The molecule has 0 aliphatic carbocycles. The molecule has 0 saturated heterocycles. The molecule has 0 aliphatic heterocycles. The van der Waals surface area contributed by atoms with Gasteiger partial charge in [-0.05, 0) is 42.5 Å². The fourth-order valence-corrected chi connectivity index (χ4v) is 3.47. The van der Waals surface area contributed by atoms with Crippen LogP contribution in [0.2, 0.25) is 5.02 Å². The van der Waals surface area contributed by atoms with Crippen LogP contribution in [0, 0.1) is 0 Å². The highest BCUT2D eigenvalue weighted by atomic mass is 35.5. The molecule has 1 amide bonds. The van der Waals surface area contributed by atoms with E-state index in [1.165, 1.54) is 12.5 Å². The Bertz CT molecular complexity index is 1400. The number of hydrogen-bond donors (Lipinski definition) is 3. The van der Waals surface area contributed by atoms with Crippen molar-refractivity contribution in [3.63, 3.8) is 0 Å². The Morgan fingerprint density at radius 1 is 0.969 bits per heavy atom. The fourth-order valence-electron chi connectivity index (χ4n) is 3.28. The summed E-state index contributed by atoms with van der Waals surface area (Å²) in [5, 5.41) is 14.9. The van der Waals surface area contributed by atoms with Crippen LogP contribution in [-0.2, 0) is 0 Å². The van der Waals surface area contributed by atoms with E-state index in [0.29, 0.717) is 33.4 Å². The van der Waals surface area contributed by atoms with Gasteiger partial charge in [-0.3, -0.25) is 14.9 Å². The third-order valence-electron chi connectivity index (χ3n) is 4.78. The number of carbonyl (C=O) groups excluding carboxylic acids is 1. The van der Waals surface area contributed by atoms with Crippen molar-refractivity contribution < 1.29 is 4.79 Å². The van der Waals surface area contributed by atoms with Crippen molar-refractivity contribution in [3.8, 4) is 11.3 Å². The first kappa shape index (κ1) is 19.7. The summed E-state index contributed by atoms with van der Waals surface area (Å²) >= 11 is 6.10. The Balaban J connectivity index is 1.44. The van der Waals surface area contributed by atoms with Gasteiger partial charge in [-0.2, -0.15) is 5.10 Å². The highest BCUT2D eigenvalue weighted by Gasteiger charge is 2.15. The molecule has 0 unspecified atom stereocenters. The first-order chi connectivity index (χ1) is 15.7. The number of H-pyrrole nitrogens is 1. The van der Waals surface area contributed by atoms with Crippen molar-refractivity contribution in [2.75, 3.05) is 10.6 Å². The van der Waals surface area contributed by atoms with Crippen molar-refractivity contribution in [2.24, 2.45) is 0 Å². The Morgan fingerprint density at radius 3 is 2.62 bits per heavy atom. The number of anilines is 3. The summed E-state index contributed by atoms with van der Waals surface area (Å²) in [5.74, 6) is 0.382. The van der Waals surface area contributed by atoms with E-state index in [1.54, 1.807) is 24.4 Å². The number of nitrogens with one attached hydrogen (secondary N) is 3. The molecule has 0 atom stereocenters. The SMILES string of the molecule is O=C(Nc1ccc(-c2n[nH]c3ncnc(Nc4cccc(Cl)c4)c23)cc1)c1cccnc1. The minimum atomic E-state index is -0.225. The summed E-state index contributed by atoms with van der Waals surface area (Å²) in [6.45, 7) is 0. The summed E-state index contributed by atoms with van der Waals surface area (Å²) in [6.07, 6.45) is 4.61. The minimum Gasteiger partial charge on any atom is -0.339 e. The number of carbonyl (C=O) groups is 1. The quantitative estimate of drug-likeness (QED) is 0.351. The largest absolute Gasteiger partial charge is 0.339 e. The Morgan fingerprint density at radius 2 is 1.84 bits per heavy atom. The van der Waals surface area contributed by atoms with Gasteiger partial charge in [0.2, 0.25) is 0 Å². The van der Waals surface area contributed by atoms with Crippen molar-refractivity contribution in [2.45, 2.75) is 0 Å². The molecule has 3 N–H and O–H groups in total. The number of fused-ring (bicyclic) bond motifs is 1. The van der Waals surface area contributed by atoms with Crippen LogP contribution in [0.5, 0.6) is 0 Å². The van der Waals surface area contributed by atoms with Gasteiger partial charge in [0.05, 0.1) is 10.9 Å². The smallest absolute Gasteiger partial charge is 0.257 e. The number of aromatic nitrogens is 5. The monoisotopic (exact) mass is 441 g/mol. The molecular formula is C23H16ClN7O. The van der Waals surface area contributed by atoms with Crippen LogP contribution in [0.25, 0.3) is 22.3 Å². The van der Waals surface area contributed by atoms with Gasteiger partial charge in [0, 0.05) is 34.4 Å². The van der Waals surface area contributed by atoms with Gasteiger partial charge < -0.3 is 10.6 Å². The van der Waals surface area contributed by atoms with Crippen molar-refractivity contribution in [1.29, 1.82) is 0 Å². The summed E-state index contributed by atoms with van der Waals surface area (Å²) in [6, 6.07) is 18.2. The van der Waals surface area contributed by atoms with Gasteiger partial charge in [0.1, 0.15) is 17.8 Å². The molecule has 0 aliphatic rings. The molecule has 0 fully saturated rings. The maximum absolute atomic E-state index is 12.3. The summed E-state index contributed by atoms with van der Waals surface area (Å²) < 4.78 is 0. The number of hydrogen-bond acceptors (Lipinski definition) is 6. The van der Waals surface area contributed by atoms with E-state index in [1.807, 2.05) is 42.5 Å². The molecule has 0 saturated carbocycles. The van der Waals surface area contributed by atoms with Crippen LogP contribution in [0.1, 0.15) is 10.4 Å². The Kier molecular flexibility index (Phi) is 5.19. The second-order valence-electron chi connectivity index (χ2n) is 6.93. The van der Waals surface area contributed by atoms with Crippen LogP contribution < -0.4 is 10.6 Å². The van der Waals surface area contributed by atoms with Gasteiger partial charge >= 0.3 is 0 Å². The van der Waals surface area contributed by atoms with Crippen molar-refractivity contribution in [3.05, 3.63) is 90.0 Å². The fraction of sp³-hybridized carbons (Fsp3) is 0. The zero-order valence-electron chi connectivity index (χ0n) is 16.6. The maximum Gasteiger partial charge on any atom is 0.257 e. The lowest BCUT2D eigenvalue weighted by molar-refractivity contribution is 0.102. The molecule has 3 heterocycles. The molecule has 0 spiro atoms. The van der Waals surface area contributed by atoms with Crippen LogP contribution in [0.15, 0.2) is 79.4 Å². The van der Waals surface area contributed by atoms with Crippen LogP contribution in [0.3, 0.4) is 0 Å². The zero-order chi connectivity index (χ0) is 21.9. The standard InChI is InChI=1S/C23H16ClN7O/c24-16-4-1-5-18(11-16)28-21-19-20(30-31-22(19)27-13-26-21)14-6-8-17(9-7-14)29-23(32)15-3-2-10-25-12-15/h1-13H,(H,29,32)(H2,26,27,28,30,31). The third-order valence-corrected chi connectivity index (χ3v) is 5.02. The van der Waals surface area contributed by atoms with Crippen LogP contribution in [-0.4, -0.2) is 31.1 Å². The first-order valence-corrected chi connectivity index (χ1v) is 10.1. The Hall–Kier alpha value is -4.30. The van der Waals surface area contributed by atoms with E-state index in [0.717, 1.165) is 16.6 Å². The van der Waals surface area contributed by atoms with Gasteiger partial charge in [-0.25, -0.2) is 9.97 Å². The molecule has 156 valence electrons. The average Bonchev–Trinajstić information content (AvgIpc) is 3.25. The topological polar surface area (TPSA) is 108 Å². The maximum atomic E-state index is 12.3. The van der Waals surface area contributed by atoms with E-state index in [9.17, 15) is 4.79 Å². The molecule has 9 heteroatoms. The number of aromatic amines is 1. The van der Waals surface area contributed by atoms with Crippen LogP contribution in [0.4, 0.5) is 17.2 Å². The predicted molar refractivity (Wildman–Crippen MR) is 124 cm³/mol. The molecule has 0 radical (unpaired) electrons. The molecular weight excluding hydrogens is 426 g/mol. The number of pyridine rings is 1. The van der Waals surface area contributed by atoms with E-state index in [4.69, 9.17) is 11.6 Å². The molecule has 5 rings (SSSR count). The number of rotatable bonds is 5. The lowest BCUT2D eigenvalue weighted by Gasteiger charge is -2.08. The molecule has 2 aromatic carbocycles. The molecule has 8 nitrogen and oxygen atoms in total. The van der Waals surface area contributed by atoms with E-state index < -0.39 is 0 Å². The molecule has 32 heavy (non-hydrogen) atoms. The summed E-state index contributed by atoms with van der Waals surface area (Å²) in [5.41, 5.74) is 4.10. The number of amides is 1. The number of benzene rings is 2. The minimum absolute atomic E-state index is 0.225. The molecule has 5 aromatic rings. The van der Waals surface area contributed by atoms with Gasteiger partial charge in [-0.1, -0.05) is 29.8 Å². The van der Waals surface area contributed by atoms with Gasteiger partial charge in [0.25, 0.3) is 5.91 Å². The molecule has 3 aromatic heterocycles. The zero-order valence-corrected chi connectivity index (χ0v) is 17.3. The average molecular weight is 442 g/mol. The lowest BCUT2D eigenvalue weighted by Crippen LogP contribution is -2.11. The van der Waals surface area contributed by atoms with Crippen molar-refractivity contribution >= 4 is 45.7 Å². The molecule has 0 bridgehead atoms. The summed E-state index contributed by atoms with van der Waals surface area (Å²) in [7, 11) is 0. The highest BCUT2D eigenvalue weighted by Crippen LogP contribution is 2.32. The van der Waals surface area contributed by atoms with Crippen molar-refractivity contribution in [1.82, 2.24) is 25.1 Å². The predicted octanol–water partition coefficient (Wildman–Crippen LogP) is 5.06. The highest BCUT2D eigenvalue weighted by molar-refractivity contribution is 6.30. The third kappa shape index (κ3) is 3.99. The second kappa shape index (κ2) is 8.44. The van der Waals surface area contributed by atoms with Crippen LogP contribution >= 0.6 is 11.6 Å². The second-order valence-corrected chi connectivity index (χ2v) is 7.36. The van der Waals surface area contributed by atoms with Gasteiger partial charge in [0.15, 0.2) is 5.65 Å². The van der Waals surface area contributed by atoms with E-state index in [-0.39, 0.29) is 5.91 Å². The normalized spacial score (nSPS) is 10.8. The number of halogens is 1. The summed E-state index contributed by atoms with van der Waals surface area (Å²) in [4.78, 5) is 25.0. The first-order valence-electron chi connectivity index (χ1n) is 9.71. The van der Waals surface area contributed by atoms with E-state index in [2.05, 4.69) is 35.8 Å². The lowest BCUT2D eigenvalue weighted by atomic mass is 10.1. The van der Waals surface area contributed by atoms with Gasteiger partial charge in [-0.15, -0.1) is 0 Å². The number of nitrogens with zero attached hydrogens (tertiary/aromatic N) is 4. The Labute approximate surface area is 187 Å². The van der Waals surface area contributed by atoms with E-state index >= 15 is 0 Å².